The number of carboxylic acids is 1. The second-order valence-corrected chi connectivity index (χ2v) is 6.52. The van der Waals surface area contributed by atoms with E-state index in [0.29, 0.717) is 30.6 Å². The first-order valence-corrected chi connectivity index (χ1v) is 8.42. The number of carbonyl (C=O) groups excluding carboxylic acids is 3. The number of fused-ring (bicyclic) bond motifs is 1. The minimum Gasteiger partial charge on any atom is -0.481 e. The molecule has 2 aliphatic heterocycles. The van der Waals surface area contributed by atoms with Gasteiger partial charge >= 0.3 is 5.97 Å². The molecule has 1 fully saturated rings. The first kappa shape index (κ1) is 17.1. The topological polar surface area (TPSA) is 95.0 Å². The summed E-state index contributed by atoms with van der Waals surface area (Å²) in [5, 5.41) is 8.79. The summed E-state index contributed by atoms with van der Waals surface area (Å²) in [5.41, 5.74) is 0.663. The fourth-order valence-electron chi connectivity index (χ4n) is 3.47. The number of nitrogens with zero attached hydrogens (tertiary/aromatic N) is 2. The highest BCUT2D eigenvalue weighted by Crippen LogP contribution is 2.24. The van der Waals surface area contributed by atoms with Crippen molar-refractivity contribution < 1.29 is 24.3 Å². The summed E-state index contributed by atoms with van der Waals surface area (Å²) in [6.07, 6.45) is 2.32. The van der Waals surface area contributed by atoms with Crippen LogP contribution in [0.5, 0.6) is 0 Å². The van der Waals surface area contributed by atoms with E-state index in [1.165, 1.54) is 0 Å². The third-order valence-electron chi connectivity index (χ3n) is 4.81. The van der Waals surface area contributed by atoms with Crippen LogP contribution in [0.4, 0.5) is 0 Å². The van der Waals surface area contributed by atoms with E-state index in [9.17, 15) is 19.2 Å². The zero-order valence-corrected chi connectivity index (χ0v) is 13.8. The normalized spacial score (nSPS) is 19.9. The maximum atomic E-state index is 12.5. The Hall–Kier alpha value is -2.70. The van der Waals surface area contributed by atoms with Gasteiger partial charge in [0.2, 0.25) is 5.91 Å². The standard InChI is InChI=1S/C18H20N2O5/c21-15(19-9-3-4-12(10-19)7-8-16(22)23)11-20-17(24)13-5-1-2-6-14(13)18(20)25/h1-2,5-6,12H,3-4,7-11H2,(H,22,23). The van der Waals surface area contributed by atoms with Crippen molar-refractivity contribution in [3.63, 3.8) is 0 Å². The van der Waals surface area contributed by atoms with Crippen molar-refractivity contribution in [2.24, 2.45) is 5.92 Å². The maximum absolute atomic E-state index is 12.5. The molecule has 1 atom stereocenters. The molecule has 0 aliphatic carbocycles. The van der Waals surface area contributed by atoms with Gasteiger partial charge in [0.25, 0.3) is 11.8 Å². The summed E-state index contributed by atoms with van der Waals surface area (Å²) in [7, 11) is 0. The quantitative estimate of drug-likeness (QED) is 0.815. The van der Waals surface area contributed by atoms with Crippen LogP contribution < -0.4 is 0 Å². The molecular formula is C18H20N2O5. The lowest BCUT2D eigenvalue weighted by Crippen LogP contribution is -2.46. The second kappa shape index (κ2) is 7.04. The van der Waals surface area contributed by atoms with E-state index in [-0.39, 0.29) is 24.8 Å². The molecule has 0 aromatic heterocycles. The summed E-state index contributed by atoms with van der Waals surface area (Å²) in [4.78, 5) is 50.6. The van der Waals surface area contributed by atoms with Gasteiger partial charge in [-0.25, -0.2) is 0 Å². The van der Waals surface area contributed by atoms with Gasteiger partial charge in [-0.1, -0.05) is 12.1 Å². The lowest BCUT2D eigenvalue weighted by Gasteiger charge is -2.33. The highest BCUT2D eigenvalue weighted by molar-refractivity contribution is 6.22. The van der Waals surface area contributed by atoms with Gasteiger partial charge in [-0.2, -0.15) is 0 Å². The Balaban J connectivity index is 1.62. The number of piperidine rings is 1. The lowest BCUT2D eigenvalue weighted by molar-refractivity contribution is -0.137. The van der Waals surface area contributed by atoms with Crippen LogP contribution in [0.3, 0.4) is 0 Å². The number of rotatable bonds is 5. The predicted octanol–water partition coefficient (Wildman–Crippen LogP) is 1.39. The van der Waals surface area contributed by atoms with E-state index in [1.807, 2.05) is 0 Å². The summed E-state index contributed by atoms with van der Waals surface area (Å²) in [6, 6.07) is 6.55. The molecule has 1 aromatic carbocycles. The van der Waals surface area contributed by atoms with E-state index in [4.69, 9.17) is 5.11 Å². The Morgan fingerprint density at radius 2 is 1.76 bits per heavy atom. The number of carbonyl (C=O) groups is 4. The van der Waals surface area contributed by atoms with Crippen LogP contribution in [0, 0.1) is 5.92 Å². The Kier molecular flexibility index (Phi) is 4.83. The molecule has 1 aromatic rings. The Morgan fingerprint density at radius 1 is 1.12 bits per heavy atom. The molecule has 2 heterocycles. The minimum atomic E-state index is -0.838. The van der Waals surface area contributed by atoms with E-state index in [2.05, 4.69) is 0 Å². The van der Waals surface area contributed by atoms with Crippen LogP contribution in [0.25, 0.3) is 0 Å². The van der Waals surface area contributed by atoms with Crippen LogP contribution in [0.15, 0.2) is 24.3 Å². The largest absolute Gasteiger partial charge is 0.481 e. The number of imide groups is 1. The number of amides is 3. The molecule has 0 radical (unpaired) electrons. The molecule has 1 unspecified atom stereocenters. The molecule has 0 bridgehead atoms. The molecule has 7 heteroatoms. The van der Waals surface area contributed by atoms with E-state index < -0.39 is 17.8 Å². The molecule has 1 N–H and O–H groups in total. The fourth-order valence-corrected chi connectivity index (χ4v) is 3.47. The van der Waals surface area contributed by atoms with Crippen LogP contribution in [0.2, 0.25) is 0 Å². The summed E-state index contributed by atoms with van der Waals surface area (Å²) in [6.45, 7) is 0.791. The van der Waals surface area contributed by atoms with Crippen LogP contribution in [0.1, 0.15) is 46.4 Å². The summed E-state index contributed by atoms with van der Waals surface area (Å²) < 4.78 is 0. The highest BCUT2D eigenvalue weighted by Gasteiger charge is 2.37. The Labute approximate surface area is 145 Å². The molecule has 0 spiro atoms. The smallest absolute Gasteiger partial charge is 0.303 e. The van der Waals surface area contributed by atoms with Crippen molar-refractivity contribution in [2.75, 3.05) is 19.6 Å². The maximum Gasteiger partial charge on any atom is 0.303 e. The Bertz CT molecular complexity index is 695. The van der Waals surface area contributed by atoms with Crippen LogP contribution in [-0.4, -0.2) is 58.2 Å². The monoisotopic (exact) mass is 344 g/mol. The predicted molar refractivity (Wildman–Crippen MR) is 88.0 cm³/mol. The summed E-state index contributed by atoms with van der Waals surface area (Å²) >= 11 is 0. The van der Waals surface area contributed by atoms with E-state index >= 15 is 0 Å². The van der Waals surface area contributed by atoms with Crippen LogP contribution in [-0.2, 0) is 9.59 Å². The summed E-state index contributed by atoms with van der Waals surface area (Å²) in [5.74, 6) is -1.83. The van der Waals surface area contributed by atoms with Gasteiger partial charge in [0.1, 0.15) is 6.54 Å². The highest BCUT2D eigenvalue weighted by atomic mass is 16.4. The van der Waals surface area contributed by atoms with E-state index in [1.54, 1.807) is 29.2 Å². The van der Waals surface area contributed by atoms with Gasteiger partial charge in [-0.05, 0) is 37.3 Å². The molecule has 25 heavy (non-hydrogen) atoms. The third-order valence-corrected chi connectivity index (χ3v) is 4.81. The molecule has 1 saturated heterocycles. The van der Waals surface area contributed by atoms with Gasteiger partial charge in [-0.3, -0.25) is 24.1 Å². The minimum absolute atomic E-state index is 0.0884. The van der Waals surface area contributed by atoms with Crippen molar-refractivity contribution >= 4 is 23.7 Å². The van der Waals surface area contributed by atoms with Crippen molar-refractivity contribution in [3.05, 3.63) is 35.4 Å². The fraction of sp³-hybridized carbons (Fsp3) is 0.444. The first-order valence-electron chi connectivity index (χ1n) is 8.42. The number of hydrogen-bond donors (Lipinski definition) is 1. The van der Waals surface area contributed by atoms with Crippen LogP contribution >= 0.6 is 0 Å². The molecule has 0 saturated carbocycles. The third kappa shape index (κ3) is 3.55. The number of benzene rings is 1. The number of likely N-dealkylation sites (tertiary alicyclic amines) is 1. The van der Waals surface area contributed by atoms with Crippen molar-refractivity contribution in [3.8, 4) is 0 Å². The van der Waals surface area contributed by atoms with Gasteiger partial charge in [0.15, 0.2) is 0 Å². The zero-order chi connectivity index (χ0) is 18.0. The molecule has 3 rings (SSSR count). The molecule has 3 amide bonds. The van der Waals surface area contributed by atoms with Gasteiger partial charge in [0.05, 0.1) is 11.1 Å². The number of hydrogen-bond acceptors (Lipinski definition) is 4. The first-order chi connectivity index (χ1) is 12.0. The molecule has 2 aliphatic rings. The van der Waals surface area contributed by atoms with E-state index in [0.717, 1.165) is 17.7 Å². The lowest BCUT2D eigenvalue weighted by atomic mass is 9.93. The Morgan fingerprint density at radius 3 is 2.36 bits per heavy atom. The van der Waals surface area contributed by atoms with Crippen molar-refractivity contribution in [1.29, 1.82) is 0 Å². The second-order valence-electron chi connectivity index (χ2n) is 6.52. The average Bonchev–Trinajstić information content (AvgIpc) is 2.85. The van der Waals surface area contributed by atoms with Gasteiger partial charge in [0, 0.05) is 19.5 Å². The number of carboxylic acid groups (broad SMARTS) is 1. The molecule has 7 nitrogen and oxygen atoms in total. The average molecular weight is 344 g/mol. The van der Waals surface area contributed by atoms with Crippen molar-refractivity contribution in [1.82, 2.24) is 9.80 Å². The van der Waals surface area contributed by atoms with Gasteiger partial charge in [-0.15, -0.1) is 0 Å². The molecule has 132 valence electrons. The SMILES string of the molecule is O=C(O)CCC1CCCN(C(=O)CN2C(=O)c3ccccc3C2=O)C1. The van der Waals surface area contributed by atoms with Crippen molar-refractivity contribution in [2.45, 2.75) is 25.7 Å². The van der Waals surface area contributed by atoms with Gasteiger partial charge < -0.3 is 10.0 Å². The zero-order valence-electron chi connectivity index (χ0n) is 13.8. The number of aliphatic carboxylic acids is 1. The molecular weight excluding hydrogens is 324 g/mol.